The van der Waals surface area contributed by atoms with Crippen LogP contribution >= 0.6 is 0 Å². The molecule has 1 aliphatic heterocycles. The summed E-state index contributed by atoms with van der Waals surface area (Å²) in [7, 11) is 1.40. The van der Waals surface area contributed by atoms with Crippen LogP contribution in [-0.2, 0) is 4.79 Å². The molecule has 26 heavy (non-hydrogen) atoms. The van der Waals surface area contributed by atoms with Crippen LogP contribution in [0.2, 0.25) is 0 Å². The van der Waals surface area contributed by atoms with Crippen molar-refractivity contribution in [2.75, 3.05) is 20.2 Å². The second-order valence-corrected chi connectivity index (χ2v) is 6.52. The molecule has 4 nitrogen and oxygen atoms in total. The van der Waals surface area contributed by atoms with Crippen molar-refractivity contribution in [3.63, 3.8) is 0 Å². The summed E-state index contributed by atoms with van der Waals surface area (Å²) in [5, 5.41) is 9.37. The first-order valence-electron chi connectivity index (χ1n) is 8.55. The zero-order valence-corrected chi connectivity index (χ0v) is 14.5. The van der Waals surface area contributed by atoms with Crippen LogP contribution in [0.25, 0.3) is 0 Å². The van der Waals surface area contributed by atoms with E-state index in [1.54, 1.807) is 24.3 Å². The van der Waals surface area contributed by atoms with Crippen molar-refractivity contribution < 1.29 is 23.4 Å². The fourth-order valence-corrected chi connectivity index (χ4v) is 3.55. The molecule has 0 spiro atoms. The number of hydrogen-bond donors (Lipinski definition) is 1. The molecule has 6 heteroatoms. The van der Waals surface area contributed by atoms with Crippen LogP contribution in [0.1, 0.15) is 30.0 Å². The number of hydrogen-bond acceptors (Lipinski definition) is 3. The summed E-state index contributed by atoms with van der Waals surface area (Å²) >= 11 is 0. The number of benzene rings is 2. The van der Waals surface area contributed by atoms with Gasteiger partial charge in [-0.3, -0.25) is 9.69 Å². The van der Waals surface area contributed by atoms with E-state index in [1.165, 1.54) is 25.3 Å². The Kier molecular flexibility index (Phi) is 5.52. The van der Waals surface area contributed by atoms with E-state index in [-0.39, 0.29) is 17.6 Å². The van der Waals surface area contributed by atoms with Gasteiger partial charge in [0.2, 0.25) is 0 Å². The highest BCUT2D eigenvalue weighted by Crippen LogP contribution is 2.34. The molecule has 0 radical (unpaired) electrons. The van der Waals surface area contributed by atoms with Gasteiger partial charge >= 0.3 is 5.97 Å². The lowest BCUT2D eigenvalue weighted by atomic mass is 9.91. The molecule has 0 bridgehead atoms. The third kappa shape index (κ3) is 3.85. The van der Waals surface area contributed by atoms with Crippen molar-refractivity contribution in [1.29, 1.82) is 0 Å². The number of carboxylic acid groups (broad SMARTS) is 1. The van der Waals surface area contributed by atoms with Gasteiger partial charge in [0.1, 0.15) is 5.82 Å². The fourth-order valence-electron chi connectivity index (χ4n) is 3.55. The van der Waals surface area contributed by atoms with Gasteiger partial charge in [-0.1, -0.05) is 18.2 Å². The highest BCUT2D eigenvalue weighted by atomic mass is 19.1. The normalized spacial score (nSPS) is 19.1. The maximum absolute atomic E-state index is 14.3. The second kappa shape index (κ2) is 7.83. The Morgan fingerprint density at radius 1 is 1.19 bits per heavy atom. The molecule has 3 rings (SSSR count). The SMILES string of the molecule is COc1ccc(C(c2ccc(F)cc2)N2CCCC(C(=O)O)C2)cc1F. The number of piperidine rings is 1. The van der Waals surface area contributed by atoms with Gasteiger partial charge in [-0.25, -0.2) is 8.78 Å². The predicted molar refractivity (Wildman–Crippen MR) is 93.1 cm³/mol. The van der Waals surface area contributed by atoms with Gasteiger partial charge in [0.25, 0.3) is 0 Å². The highest BCUT2D eigenvalue weighted by molar-refractivity contribution is 5.70. The van der Waals surface area contributed by atoms with E-state index in [0.29, 0.717) is 25.1 Å². The molecule has 2 aromatic rings. The molecule has 2 atom stereocenters. The number of nitrogens with zero attached hydrogens (tertiary/aromatic N) is 1. The number of aliphatic carboxylic acids is 1. The molecule has 1 fully saturated rings. The van der Waals surface area contributed by atoms with Crippen molar-refractivity contribution >= 4 is 5.97 Å². The maximum atomic E-state index is 14.3. The van der Waals surface area contributed by atoms with Gasteiger partial charge in [0.05, 0.1) is 19.1 Å². The predicted octanol–water partition coefficient (Wildman–Crippen LogP) is 3.86. The molecule has 138 valence electrons. The summed E-state index contributed by atoms with van der Waals surface area (Å²) in [6.45, 7) is 1.06. The number of carboxylic acids is 1. The van der Waals surface area contributed by atoms with Crippen LogP contribution in [0, 0.1) is 17.6 Å². The van der Waals surface area contributed by atoms with Crippen molar-refractivity contribution in [2.24, 2.45) is 5.92 Å². The Bertz CT molecular complexity index is 779. The van der Waals surface area contributed by atoms with Gasteiger partial charge in [-0.2, -0.15) is 0 Å². The molecule has 2 unspecified atom stereocenters. The van der Waals surface area contributed by atoms with E-state index in [2.05, 4.69) is 0 Å². The second-order valence-electron chi connectivity index (χ2n) is 6.52. The zero-order valence-electron chi connectivity index (χ0n) is 14.5. The van der Waals surface area contributed by atoms with Crippen LogP contribution in [-0.4, -0.2) is 36.2 Å². The molecule has 1 aliphatic rings. The number of rotatable bonds is 5. The summed E-state index contributed by atoms with van der Waals surface area (Å²) in [6, 6.07) is 10.4. The lowest BCUT2D eigenvalue weighted by molar-refractivity contribution is -0.143. The van der Waals surface area contributed by atoms with E-state index < -0.39 is 17.7 Å². The van der Waals surface area contributed by atoms with Crippen molar-refractivity contribution in [1.82, 2.24) is 4.90 Å². The van der Waals surface area contributed by atoms with Crippen LogP contribution in [0.15, 0.2) is 42.5 Å². The summed E-state index contributed by atoms with van der Waals surface area (Å²) in [5.74, 6) is -1.98. The molecule has 1 heterocycles. The quantitative estimate of drug-likeness (QED) is 0.879. The zero-order chi connectivity index (χ0) is 18.7. The molecule has 1 N–H and O–H groups in total. The topological polar surface area (TPSA) is 49.8 Å². The molecule has 2 aromatic carbocycles. The molecular weight excluding hydrogens is 340 g/mol. The van der Waals surface area contributed by atoms with Crippen LogP contribution < -0.4 is 4.74 Å². The minimum atomic E-state index is -0.825. The average molecular weight is 361 g/mol. The Morgan fingerprint density at radius 2 is 1.88 bits per heavy atom. The fraction of sp³-hybridized carbons (Fsp3) is 0.350. The third-order valence-electron chi connectivity index (χ3n) is 4.84. The minimum absolute atomic E-state index is 0.147. The van der Waals surface area contributed by atoms with Gasteiger partial charge in [0.15, 0.2) is 11.6 Å². The molecule has 0 aliphatic carbocycles. The van der Waals surface area contributed by atoms with E-state index in [0.717, 1.165) is 12.0 Å². The van der Waals surface area contributed by atoms with E-state index in [4.69, 9.17) is 4.74 Å². The summed E-state index contributed by atoms with van der Waals surface area (Å²) in [5.41, 5.74) is 1.47. The molecule has 0 aromatic heterocycles. The Morgan fingerprint density at radius 3 is 2.50 bits per heavy atom. The molecule has 0 saturated carbocycles. The van der Waals surface area contributed by atoms with Gasteiger partial charge in [-0.15, -0.1) is 0 Å². The summed E-state index contributed by atoms with van der Waals surface area (Å²) in [4.78, 5) is 13.4. The standard InChI is InChI=1S/C20H21F2NO3/c1-26-18-9-6-14(11-17(18)22)19(13-4-7-16(21)8-5-13)23-10-2-3-15(12-23)20(24)25/h4-9,11,15,19H,2-3,10,12H2,1H3,(H,24,25). The smallest absolute Gasteiger partial charge is 0.307 e. The van der Waals surface area contributed by atoms with Crippen LogP contribution in [0.5, 0.6) is 5.75 Å². The highest BCUT2D eigenvalue weighted by Gasteiger charge is 2.31. The third-order valence-corrected chi connectivity index (χ3v) is 4.84. The van der Waals surface area contributed by atoms with Gasteiger partial charge < -0.3 is 9.84 Å². The maximum Gasteiger partial charge on any atom is 0.307 e. The molecular formula is C20H21F2NO3. The lowest BCUT2D eigenvalue weighted by Crippen LogP contribution is -2.41. The average Bonchev–Trinajstić information content (AvgIpc) is 2.64. The van der Waals surface area contributed by atoms with Crippen LogP contribution in [0.4, 0.5) is 8.78 Å². The number of carbonyl (C=O) groups is 1. The first-order chi connectivity index (χ1) is 12.5. The number of ether oxygens (including phenoxy) is 1. The van der Waals surface area contributed by atoms with Crippen LogP contribution in [0.3, 0.4) is 0 Å². The van der Waals surface area contributed by atoms with E-state index in [9.17, 15) is 18.7 Å². The largest absolute Gasteiger partial charge is 0.494 e. The Hall–Kier alpha value is -2.47. The monoisotopic (exact) mass is 361 g/mol. The van der Waals surface area contributed by atoms with Gasteiger partial charge in [0, 0.05) is 6.54 Å². The van der Waals surface area contributed by atoms with Crippen molar-refractivity contribution in [2.45, 2.75) is 18.9 Å². The van der Waals surface area contributed by atoms with E-state index >= 15 is 0 Å². The summed E-state index contributed by atoms with van der Waals surface area (Å²) < 4.78 is 32.6. The minimum Gasteiger partial charge on any atom is -0.494 e. The molecule has 0 amide bonds. The number of likely N-dealkylation sites (tertiary alicyclic amines) is 1. The van der Waals surface area contributed by atoms with Crippen molar-refractivity contribution in [3.05, 3.63) is 65.2 Å². The summed E-state index contributed by atoms with van der Waals surface area (Å²) in [6.07, 6.45) is 1.37. The first-order valence-corrected chi connectivity index (χ1v) is 8.55. The number of methoxy groups -OCH3 is 1. The lowest BCUT2D eigenvalue weighted by Gasteiger charge is -2.37. The Labute approximate surface area is 151 Å². The van der Waals surface area contributed by atoms with Crippen molar-refractivity contribution in [3.8, 4) is 5.75 Å². The molecule has 1 saturated heterocycles. The Balaban J connectivity index is 2.00. The first kappa shape index (κ1) is 18.3. The van der Waals surface area contributed by atoms with Gasteiger partial charge in [-0.05, 0) is 54.8 Å². The number of halogens is 2. The van der Waals surface area contributed by atoms with E-state index in [1.807, 2.05) is 4.90 Å².